The minimum absolute atomic E-state index is 0.277. The number of H-pyrrole nitrogens is 1. The molecular formula is C26H19ClFN3O. The van der Waals surface area contributed by atoms with Crippen molar-refractivity contribution in [1.29, 1.82) is 0 Å². The molecule has 6 heteroatoms. The molecule has 0 unspecified atom stereocenters. The fourth-order valence-corrected chi connectivity index (χ4v) is 4.14. The quantitative estimate of drug-likeness (QED) is 0.342. The number of hydrogen-bond donors (Lipinski definition) is 2. The summed E-state index contributed by atoms with van der Waals surface area (Å²) in [5.41, 5.74) is 3.97. The van der Waals surface area contributed by atoms with E-state index >= 15 is 0 Å². The van der Waals surface area contributed by atoms with E-state index < -0.39 is 0 Å². The Morgan fingerprint density at radius 2 is 1.72 bits per heavy atom. The maximum absolute atomic E-state index is 13.9. The molecule has 5 aromatic rings. The summed E-state index contributed by atoms with van der Waals surface area (Å²) >= 11 is 6.47. The number of nitrogens with one attached hydrogen (secondary N) is 2. The van der Waals surface area contributed by atoms with Gasteiger partial charge in [-0.3, -0.25) is 4.79 Å². The number of nitrogens with zero attached hydrogens (tertiary/aromatic N) is 1. The third kappa shape index (κ3) is 3.72. The van der Waals surface area contributed by atoms with Crippen molar-refractivity contribution in [3.8, 4) is 11.3 Å². The molecule has 1 amide bonds. The van der Waals surface area contributed by atoms with Gasteiger partial charge in [0.1, 0.15) is 11.5 Å². The van der Waals surface area contributed by atoms with E-state index in [1.807, 2.05) is 42.5 Å². The number of hydrogen-bond acceptors (Lipinski definition) is 2. The Morgan fingerprint density at radius 3 is 2.56 bits per heavy atom. The van der Waals surface area contributed by atoms with Gasteiger partial charge in [-0.05, 0) is 36.2 Å². The van der Waals surface area contributed by atoms with Crippen LogP contribution in [0.15, 0.2) is 78.9 Å². The normalized spacial score (nSPS) is 11.2. The lowest BCUT2D eigenvalue weighted by Gasteiger charge is -2.10. The van der Waals surface area contributed by atoms with Gasteiger partial charge in [0.15, 0.2) is 0 Å². The molecule has 2 aromatic heterocycles. The third-order valence-electron chi connectivity index (χ3n) is 5.50. The SMILES string of the molecule is O=C(NCCc1ccccc1F)c1cc2c([nH]c3ccccc32)c(-c2ccccc2Cl)n1. The number of carbonyl (C=O) groups is 1. The van der Waals surface area contributed by atoms with Crippen LogP contribution >= 0.6 is 11.6 Å². The third-order valence-corrected chi connectivity index (χ3v) is 5.83. The van der Waals surface area contributed by atoms with Crippen molar-refractivity contribution in [1.82, 2.24) is 15.3 Å². The molecule has 2 N–H and O–H groups in total. The Kier molecular flexibility index (Phi) is 5.33. The number of benzene rings is 3. The second-order valence-corrected chi connectivity index (χ2v) is 7.93. The molecule has 4 nitrogen and oxygen atoms in total. The van der Waals surface area contributed by atoms with Crippen molar-refractivity contribution in [3.63, 3.8) is 0 Å². The molecule has 5 rings (SSSR count). The summed E-state index contributed by atoms with van der Waals surface area (Å²) in [7, 11) is 0. The average molecular weight is 444 g/mol. The van der Waals surface area contributed by atoms with E-state index in [0.29, 0.717) is 29.2 Å². The predicted octanol–water partition coefficient (Wildman–Crippen LogP) is 6.15. The summed E-state index contributed by atoms with van der Waals surface area (Å²) in [4.78, 5) is 21.1. The average Bonchev–Trinajstić information content (AvgIpc) is 3.19. The van der Waals surface area contributed by atoms with E-state index in [9.17, 15) is 9.18 Å². The Morgan fingerprint density at radius 1 is 0.969 bits per heavy atom. The van der Waals surface area contributed by atoms with Gasteiger partial charge in [-0.1, -0.05) is 66.2 Å². The van der Waals surface area contributed by atoms with Gasteiger partial charge in [-0.2, -0.15) is 0 Å². The van der Waals surface area contributed by atoms with Crippen molar-refractivity contribution in [2.75, 3.05) is 6.54 Å². The fraction of sp³-hybridized carbons (Fsp3) is 0.0769. The monoisotopic (exact) mass is 443 g/mol. The molecule has 2 heterocycles. The number of halogens is 2. The van der Waals surface area contributed by atoms with Gasteiger partial charge >= 0.3 is 0 Å². The van der Waals surface area contributed by atoms with E-state index in [1.54, 1.807) is 30.3 Å². The highest BCUT2D eigenvalue weighted by molar-refractivity contribution is 6.33. The van der Waals surface area contributed by atoms with Crippen LogP contribution in [0.4, 0.5) is 4.39 Å². The summed E-state index contributed by atoms with van der Waals surface area (Å²) < 4.78 is 13.9. The molecule has 0 aliphatic carbocycles. The lowest BCUT2D eigenvalue weighted by Crippen LogP contribution is -2.26. The zero-order valence-corrected chi connectivity index (χ0v) is 17.8. The molecule has 0 fully saturated rings. The highest BCUT2D eigenvalue weighted by Crippen LogP contribution is 2.35. The molecule has 0 aliphatic rings. The molecule has 0 atom stereocenters. The van der Waals surface area contributed by atoms with Gasteiger partial charge in [-0.15, -0.1) is 0 Å². The van der Waals surface area contributed by atoms with Gasteiger partial charge in [-0.25, -0.2) is 9.37 Å². The van der Waals surface area contributed by atoms with E-state index in [-0.39, 0.29) is 17.4 Å². The number of aromatic amines is 1. The number of amides is 1. The standard InChI is InChI=1S/C26H19ClFN3O/c27-20-10-4-2-9-18(20)24-25-19(17-8-3-6-12-22(17)30-25)15-23(31-24)26(32)29-14-13-16-7-1-5-11-21(16)28/h1-12,15,30H,13-14H2,(H,29,32). The molecule has 0 radical (unpaired) electrons. The van der Waals surface area contributed by atoms with E-state index in [2.05, 4.69) is 15.3 Å². The van der Waals surface area contributed by atoms with Crippen molar-refractivity contribution in [2.24, 2.45) is 0 Å². The zero-order chi connectivity index (χ0) is 22.1. The molecule has 0 aliphatic heterocycles. The minimum atomic E-state index is -0.318. The Hall–Kier alpha value is -3.70. The lowest BCUT2D eigenvalue weighted by atomic mass is 10.1. The number of para-hydroxylation sites is 1. The number of rotatable bonds is 5. The van der Waals surface area contributed by atoms with Crippen LogP contribution in [0.2, 0.25) is 5.02 Å². The number of pyridine rings is 1. The maximum Gasteiger partial charge on any atom is 0.269 e. The number of fused-ring (bicyclic) bond motifs is 3. The van der Waals surface area contributed by atoms with Crippen LogP contribution in [0.25, 0.3) is 33.1 Å². The van der Waals surface area contributed by atoms with Crippen LogP contribution in [0.3, 0.4) is 0 Å². The van der Waals surface area contributed by atoms with Gasteiger partial charge < -0.3 is 10.3 Å². The molecule has 0 bridgehead atoms. The first-order valence-electron chi connectivity index (χ1n) is 10.3. The first-order chi connectivity index (χ1) is 15.6. The predicted molar refractivity (Wildman–Crippen MR) is 126 cm³/mol. The summed E-state index contributed by atoms with van der Waals surface area (Å²) in [6, 6.07) is 23.7. The zero-order valence-electron chi connectivity index (χ0n) is 17.0. The molecule has 158 valence electrons. The van der Waals surface area contributed by atoms with Crippen molar-refractivity contribution in [2.45, 2.75) is 6.42 Å². The summed E-state index contributed by atoms with van der Waals surface area (Å²) in [6.07, 6.45) is 0.394. The van der Waals surface area contributed by atoms with Crippen LogP contribution in [0.5, 0.6) is 0 Å². The smallest absolute Gasteiger partial charge is 0.269 e. The molecule has 0 spiro atoms. The largest absolute Gasteiger partial charge is 0.353 e. The van der Waals surface area contributed by atoms with Crippen LogP contribution < -0.4 is 5.32 Å². The molecule has 0 saturated heterocycles. The van der Waals surface area contributed by atoms with Crippen molar-refractivity contribution >= 4 is 39.3 Å². The summed E-state index contributed by atoms with van der Waals surface area (Å²) in [6.45, 7) is 0.300. The van der Waals surface area contributed by atoms with E-state index in [0.717, 1.165) is 27.4 Å². The Bertz CT molecular complexity index is 1460. The van der Waals surface area contributed by atoms with Crippen molar-refractivity contribution < 1.29 is 9.18 Å². The fourth-order valence-electron chi connectivity index (χ4n) is 3.91. The first-order valence-corrected chi connectivity index (χ1v) is 10.7. The van der Waals surface area contributed by atoms with Crippen LogP contribution in [0, 0.1) is 5.82 Å². The lowest BCUT2D eigenvalue weighted by molar-refractivity contribution is 0.0949. The molecule has 3 aromatic carbocycles. The summed E-state index contributed by atoms with van der Waals surface area (Å²) in [5, 5.41) is 5.31. The van der Waals surface area contributed by atoms with Gasteiger partial charge in [0, 0.05) is 28.4 Å². The molecule has 0 saturated carbocycles. The highest BCUT2D eigenvalue weighted by Gasteiger charge is 2.18. The van der Waals surface area contributed by atoms with Gasteiger partial charge in [0.05, 0.1) is 16.2 Å². The van der Waals surface area contributed by atoms with Crippen LogP contribution in [0.1, 0.15) is 16.1 Å². The van der Waals surface area contributed by atoms with Crippen LogP contribution in [-0.4, -0.2) is 22.4 Å². The second kappa shape index (κ2) is 8.44. The molecule has 32 heavy (non-hydrogen) atoms. The first kappa shape index (κ1) is 20.2. The number of carbonyl (C=O) groups excluding carboxylic acids is 1. The number of aromatic nitrogens is 2. The van der Waals surface area contributed by atoms with Crippen LogP contribution in [-0.2, 0) is 6.42 Å². The van der Waals surface area contributed by atoms with E-state index in [4.69, 9.17) is 11.6 Å². The second-order valence-electron chi connectivity index (χ2n) is 7.53. The maximum atomic E-state index is 13.9. The Balaban J connectivity index is 1.54. The minimum Gasteiger partial charge on any atom is -0.353 e. The topological polar surface area (TPSA) is 57.8 Å². The van der Waals surface area contributed by atoms with E-state index in [1.165, 1.54) is 6.07 Å². The van der Waals surface area contributed by atoms with Gasteiger partial charge in [0.25, 0.3) is 5.91 Å². The highest BCUT2D eigenvalue weighted by atomic mass is 35.5. The van der Waals surface area contributed by atoms with Crippen molar-refractivity contribution in [3.05, 3.63) is 101 Å². The summed E-state index contributed by atoms with van der Waals surface area (Å²) in [5.74, 6) is -0.595. The van der Waals surface area contributed by atoms with Gasteiger partial charge in [0.2, 0.25) is 0 Å². The molecular weight excluding hydrogens is 425 g/mol. The Labute approximate surface area is 189 Å².